The Hall–Kier alpha value is 1.30. The van der Waals surface area contributed by atoms with Gasteiger partial charge < -0.3 is 5.32 Å². The van der Waals surface area contributed by atoms with E-state index in [0.717, 1.165) is 18.6 Å². The highest BCUT2D eigenvalue weighted by Crippen LogP contribution is 2.54. The summed E-state index contributed by atoms with van der Waals surface area (Å²) in [5.41, 5.74) is -0.345. The summed E-state index contributed by atoms with van der Waals surface area (Å²) >= 11 is 20.8. The summed E-state index contributed by atoms with van der Waals surface area (Å²) in [7, 11) is 1.94. The van der Waals surface area contributed by atoms with Crippen molar-refractivity contribution in [3.63, 3.8) is 0 Å². The van der Waals surface area contributed by atoms with Crippen LogP contribution in [0.1, 0.15) is 47.5 Å². The molecule has 0 heterocycles. The molecule has 0 saturated heterocycles. The van der Waals surface area contributed by atoms with Gasteiger partial charge in [0, 0.05) is 5.75 Å². The van der Waals surface area contributed by atoms with Crippen LogP contribution < -0.4 is 5.32 Å². The van der Waals surface area contributed by atoms with Crippen LogP contribution in [0.5, 0.6) is 0 Å². The molecule has 0 aromatic rings. The molecule has 2 unspecified atom stereocenters. The van der Waals surface area contributed by atoms with Crippen LogP contribution in [-0.2, 0) is 0 Å². The molecule has 19 heavy (non-hydrogen) atoms. The van der Waals surface area contributed by atoms with Crippen molar-refractivity contribution in [1.82, 2.24) is 5.32 Å². The second-order valence-corrected chi connectivity index (χ2v) is 8.98. The first-order valence-electron chi connectivity index (χ1n) is 6.77. The van der Waals surface area contributed by atoms with E-state index in [4.69, 9.17) is 24.2 Å². The van der Waals surface area contributed by atoms with Crippen LogP contribution in [0.15, 0.2) is 0 Å². The Morgan fingerprint density at radius 1 is 1.05 bits per heavy atom. The molecule has 5 heteroatoms. The Labute approximate surface area is 141 Å². The third kappa shape index (κ3) is 4.15. The molecule has 0 amide bonds. The highest BCUT2D eigenvalue weighted by Gasteiger charge is 2.55. The van der Waals surface area contributed by atoms with Gasteiger partial charge in [-0.3, -0.25) is 0 Å². The molecule has 0 fully saturated rings. The molecule has 0 aliphatic carbocycles. The van der Waals surface area contributed by atoms with Gasteiger partial charge in [-0.1, -0.05) is 34.6 Å². The molecule has 0 bridgehead atoms. The van der Waals surface area contributed by atoms with E-state index in [1.54, 1.807) is 0 Å². The fourth-order valence-electron chi connectivity index (χ4n) is 2.89. The Kier molecular flexibility index (Phi) is 7.52. The number of alkyl halides is 1. The summed E-state index contributed by atoms with van der Waals surface area (Å²) in [5, 5.41) is 3.36. The average molecular weight is 344 g/mol. The third-order valence-corrected chi connectivity index (χ3v) is 7.53. The van der Waals surface area contributed by atoms with E-state index in [1.165, 1.54) is 0 Å². The summed E-state index contributed by atoms with van der Waals surface area (Å²) in [6.07, 6.45) is 1.83. The maximum absolute atomic E-state index is 6.94. The van der Waals surface area contributed by atoms with Crippen LogP contribution in [-0.4, -0.2) is 28.3 Å². The van der Waals surface area contributed by atoms with Crippen LogP contribution >= 0.6 is 49.5 Å². The van der Waals surface area contributed by atoms with Crippen LogP contribution in [0.25, 0.3) is 0 Å². The zero-order chi connectivity index (χ0) is 15.5. The Morgan fingerprint density at radius 2 is 1.53 bits per heavy atom. The molecular weight excluding hydrogens is 314 g/mol. The second-order valence-electron chi connectivity index (χ2n) is 6.85. The summed E-state index contributed by atoms with van der Waals surface area (Å²) < 4.78 is -0.689. The second kappa shape index (κ2) is 7.04. The minimum absolute atomic E-state index is 0.124. The van der Waals surface area contributed by atoms with E-state index in [9.17, 15) is 0 Å². The number of hydrogen-bond acceptors (Lipinski definition) is 4. The van der Waals surface area contributed by atoms with Crippen molar-refractivity contribution in [2.75, 3.05) is 18.6 Å². The fourth-order valence-corrected chi connectivity index (χ4v) is 4.63. The highest BCUT2D eigenvalue weighted by atomic mass is 35.5. The van der Waals surface area contributed by atoms with Gasteiger partial charge in [-0.25, -0.2) is 0 Å². The van der Waals surface area contributed by atoms with E-state index in [2.05, 4.69) is 65.2 Å². The molecule has 0 spiro atoms. The standard InChI is InChI=1S/C14H30ClNS3/c1-7-13(10-18,16-6)14(15,19)12(4,5)8-11(2,3)9-17/h16-19H,7-10H2,1-6H3. The topological polar surface area (TPSA) is 12.0 Å². The maximum atomic E-state index is 6.94. The lowest BCUT2D eigenvalue weighted by atomic mass is 9.68. The molecule has 0 rings (SSSR count). The normalized spacial score (nSPS) is 19.9. The molecule has 1 N–H and O–H groups in total. The van der Waals surface area contributed by atoms with Crippen molar-refractivity contribution in [1.29, 1.82) is 0 Å². The molecule has 0 aliphatic heterocycles. The number of thiol groups is 3. The highest BCUT2D eigenvalue weighted by molar-refractivity contribution is 7.84. The first-order valence-corrected chi connectivity index (χ1v) is 8.86. The Balaban J connectivity index is 5.48. The van der Waals surface area contributed by atoms with Gasteiger partial charge in [-0.2, -0.15) is 37.9 Å². The van der Waals surface area contributed by atoms with Gasteiger partial charge in [-0.05, 0) is 36.5 Å². The predicted octanol–water partition coefficient (Wildman–Crippen LogP) is 4.52. The first kappa shape index (κ1) is 20.3. The van der Waals surface area contributed by atoms with Crippen LogP contribution in [0.3, 0.4) is 0 Å². The molecule has 0 radical (unpaired) electrons. The largest absolute Gasteiger partial charge is 0.311 e. The molecule has 0 aliphatic rings. The van der Waals surface area contributed by atoms with Gasteiger partial charge in [0.1, 0.15) is 4.21 Å². The lowest BCUT2D eigenvalue weighted by Gasteiger charge is -2.53. The number of nitrogens with one attached hydrogen (secondary N) is 1. The van der Waals surface area contributed by atoms with Crippen molar-refractivity contribution in [3.8, 4) is 0 Å². The summed E-state index contributed by atoms with van der Waals surface area (Å²) in [6, 6.07) is 0. The van der Waals surface area contributed by atoms with Gasteiger partial charge in [0.2, 0.25) is 0 Å². The van der Waals surface area contributed by atoms with E-state index >= 15 is 0 Å². The van der Waals surface area contributed by atoms with Gasteiger partial charge in [0.25, 0.3) is 0 Å². The molecular formula is C14H30ClNS3. The van der Waals surface area contributed by atoms with Gasteiger partial charge in [0.05, 0.1) is 5.54 Å². The summed E-state index contributed by atoms with van der Waals surface area (Å²) in [4.78, 5) is 0. The van der Waals surface area contributed by atoms with E-state index < -0.39 is 4.21 Å². The van der Waals surface area contributed by atoms with Crippen molar-refractivity contribution in [2.45, 2.75) is 57.2 Å². The van der Waals surface area contributed by atoms with E-state index in [1.807, 2.05) is 7.05 Å². The molecule has 0 aromatic heterocycles. The smallest absolute Gasteiger partial charge is 0.111 e. The first-order chi connectivity index (χ1) is 8.45. The van der Waals surface area contributed by atoms with Crippen LogP contribution in [0.2, 0.25) is 0 Å². The maximum Gasteiger partial charge on any atom is 0.111 e. The molecule has 116 valence electrons. The number of rotatable bonds is 8. The minimum atomic E-state index is -0.689. The zero-order valence-corrected chi connectivity index (χ0v) is 16.5. The Morgan fingerprint density at radius 3 is 1.79 bits per heavy atom. The number of hydrogen-bond donors (Lipinski definition) is 4. The average Bonchev–Trinajstić information content (AvgIpc) is 2.30. The summed E-state index contributed by atoms with van der Waals surface area (Å²) in [5.74, 6) is 1.48. The van der Waals surface area contributed by atoms with Crippen molar-refractivity contribution in [2.24, 2.45) is 10.8 Å². The van der Waals surface area contributed by atoms with Crippen molar-refractivity contribution >= 4 is 49.5 Å². The van der Waals surface area contributed by atoms with E-state index in [0.29, 0.717) is 5.75 Å². The quantitative estimate of drug-likeness (QED) is 0.375. The van der Waals surface area contributed by atoms with Crippen molar-refractivity contribution in [3.05, 3.63) is 0 Å². The van der Waals surface area contributed by atoms with Crippen LogP contribution in [0.4, 0.5) is 0 Å². The van der Waals surface area contributed by atoms with Gasteiger partial charge in [0.15, 0.2) is 0 Å². The molecule has 0 aromatic carbocycles. The zero-order valence-electron chi connectivity index (χ0n) is 13.0. The molecule has 2 atom stereocenters. The predicted molar refractivity (Wildman–Crippen MR) is 99.5 cm³/mol. The molecule has 0 saturated carbocycles. The lowest BCUT2D eigenvalue weighted by Crippen LogP contribution is -2.63. The van der Waals surface area contributed by atoms with Gasteiger partial charge in [-0.15, -0.1) is 11.6 Å². The summed E-state index contributed by atoms with van der Waals surface area (Å²) in [6.45, 7) is 10.9. The molecule has 1 nitrogen and oxygen atoms in total. The SMILES string of the molecule is CCC(CS)(NC)C(S)(Cl)C(C)(C)CC(C)(C)CS. The minimum Gasteiger partial charge on any atom is -0.311 e. The fraction of sp³-hybridized carbons (Fsp3) is 1.00. The van der Waals surface area contributed by atoms with Crippen molar-refractivity contribution < 1.29 is 0 Å². The Bertz CT molecular complexity index is 278. The van der Waals surface area contributed by atoms with Gasteiger partial charge >= 0.3 is 0 Å². The van der Waals surface area contributed by atoms with E-state index in [-0.39, 0.29) is 16.4 Å². The van der Waals surface area contributed by atoms with Crippen LogP contribution in [0, 0.1) is 10.8 Å². The monoisotopic (exact) mass is 343 g/mol. The third-order valence-electron chi connectivity index (χ3n) is 4.23. The lowest BCUT2D eigenvalue weighted by molar-refractivity contribution is 0.139. The number of halogens is 1.